The van der Waals surface area contributed by atoms with Crippen LogP contribution < -0.4 is 28.7 Å². The van der Waals surface area contributed by atoms with Gasteiger partial charge in [0.25, 0.3) is 0 Å². The summed E-state index contributed by atoms with van der Waals surface area (Å²) in [6.45, 7) is 25.9. The van der Waals surface area contributed by atoms with Gasteiger partial charge >= 0.3 is 16.8 Å². The SMILES string of the molecule is CCc1cc(C)c(C)c(OP(Oc2cc(CC)cc(C)c2C)c2ccc(-c3ccc(P(Oc4cc(CC)cc(C)c4C)Oc4cc(CC)cc(C)c4C)cc3)cc2)c1. The second-order valence-electron chi connectivity index (χ2n) is 15.5. The van der Waals surface area contributed by atoms with Crippen LogP contribution in [0.2, 0.25) is 0 Å². The largest absolute Gasteiger partial charge is 0.435 e. The molecule has 0 aliphatic rings. The van der Waals surface area contributed by atoms with Crippen molar-refractivity contribution in [2.75, 3.05) is 0 Å². The van der Waals surface area contributed by atoms with Gasteiger partial charge in [0.2, 0.25) is 0 Å². The van der Waals surface area contributed by atoms with Crippen LogP contribution in [-0.2, 0) is 25.7 Å². The Morgan fingerprint density at radius 2 is 0.552 bits per heavy atom. The van der Waals surface area contributed by atoms with Crippen molar-refractivity contribution >= 4 is 27.4 Å². The molecule has 0 saturated heterocycles. The first-order chi connectivity index (χ1) is 27.8. The fourth-order valence-corrected chi connectivity index (χ4v) is 9.70. The lowest BCUT2D eigenvalue weighted by Gasteiger charge is -2.23. The van der Waals surface area contributed by atoms with Gasteiger partial charge in [-0.3, -0.25) is 0 Å². The van der Waals surface area contributed by atoms with E-state index in [1.807, 2.05) is 0 Å². The summed E-state index contributed by atoms with van der Waals surface area (Å²) in [5.41, 5.74) is 16.7. The van der Waals surface area contributed by atoms with Crippen molar-refractivity contribution in [1.29, 1.82) is 0 Å². The first kappa shape index (κ1) is 43.0. The number of benzene rings is 6. The molecule has 0 saturated carbocycles. The summed E-state index contributed by atoms with van der Waals surface area (Å²) in [4.78, 5) is 0. The standard InChI is InChI=1S/C52H60O4P2/c1-13-41-25-33(5)37(9)49(29-41)53-57(54-50-30-42(14-2)26-34(6)38(50)10)47-21-17-45(18-22-47)46-19-23-48(24-20-46)58(55-51-31-43(15-3)27-35(7)39(51)11)56-52-32-44(16-4)28-36(8)40(52)12/h17-32H,13-16H2,1-12H3. The lowest BCUT2D eigenvalue weighted by atomic mass is 10.0. The third-order valence-corrected chi connectivity index (χ3v) is 14.5. The highest BCUT2D eigenvalue weighted by Gasteiger charge is 2.24. The Kier molecular flexibility index (Phi) is 14.1. The normalized spacial score (nSPS) is 11.3. The number of rotatable bonds is 15. The van der Waals surface area contributed by atoms with Gasteiger partial charge in [-0.1, -0.05) is 76.2 Å². The monoisotopic (exact) mass is 810 g/mol. The van der Waals surface area contributed by atoms with E-state index in [2.05, 4.69) is 180 Å². The van der Waals surface area contributed by atoms with Crippen LogP contribution in [0.3, 0.4) is 0 Å². The molecule has 6 rings (SSSR count). The van der Waals surface area contributed by atoms with E-state index in [1.54, 1.807) is 0 Å². The molecule has 0 radical (unpaired) electrons. The van der Waals surface area contributed by atoms with Gasteiger partial charge in [0.15, 0.2) is 0 Å². The molecule has 0 aliphatic heterocycles. The molecular formula is C52H60O4P2. The van der Waals surface area contributed by atoms with E-state index in [9.17, 15) is 0 Å². The van der Waals surface area contributed by atoms with E-state index >= 15 is 0 Å². The lowest BCUT2D eigenvalue weighted by Crippen LogP contribution is -2.12. The fraction of sp³-hybridized carbons (Fsp3) is 0.308. The Balaban J connectivity index is 1.33. The summed E-state index contributed by atoms with van der Waals surface area (Å²) < 4.78 is 27.6. The Labute approximate surface area is 350 Å². The van der Waals surface area contributed by atoms with Crippen LogP contribution >= 0.6 is 16.8 Å². The third-order valence-electron chi connectivity index (χ3n) is 11.6. The van der Waals surface area contributed by atoms with Crippen molar-refractivity contribution in [3.05, 3.63) is 164 Å². The van der Waals surface area contributed by atoms with E-state index in [0.717, 1.165) is 92.7 Å². The van der Waals surface area contributed by atoms with Gasteiger partial charge in [-0.2, -0.15) is 0 Å². The van der Waals surface area contributed by atoms with Crippen LogP contribution in [0.4, 0.5) is 0 Å². The predicted octanol–water partition coefficient (Wildman–Crippen LogP) is 14.3. The Morgan fingerprint density at radius 1 is 0.328 bits per heavy atom. The Bertz CT molecular complexity index is 2090. The summed E-state index contributed by atoms with van der Waals surface area (Å²) in [7, 11) is -2.99. The van der Waals surface area contributed by atoms with E-state index in [-0.39, 0.29) is 0 Å². The van der Waals surface area contributed by atoms with Crippen molar-refractivity contribution in [2.45, 2.75) is 109 Å². The van der Waals surface area contributed by atoms with Crippen molar-refractivity contribution in [1.82, 2.24) is 0 Å². The Hall–Kier alpha value is -4.62. The molecule has 302 valence electrons. The van der Waals surface area contributed by atoms with Crippen LogP contribution in [0.5, 0.6) is 23.0 Å². The minimum Gasteiger partial charge on any atom is -0.435 e. The summed E-state index contributed by atoms with van der Waals surface area (Å²) in [6.07, 6.45) is 3.77. The highest BCUT2D eigenvalue weighted by atomic mass is 31.2. The highest BCUT2D eigenvalue weighted by molar-refractivity contribution is 7.57. The summed E-state index contributed by atoms with van der Waals surface area (Å²) in [5, 5.41) is 2.03. The molecule has 0 amide bonds. The van der Waals surface area contributed by atoms with Gasteiger partial charge in [-0.15, -0.1) is 0 Å². The molecule has 0 aliphatic carbocycles. The minimum atomic E-state index is -1.49. The first-order valence-electron chi connectivity index (χ1n) is 20.7. The van der Waals surface area contributed by atoms with Crippen LogP contribution in [0.25, 0.3) is 11.1 Å². The molecule has 0 bridgehead atoms. The molecule has 0 aromatic heterocycles. The van der Waals surface area contributed by atoms with Crippen molar-refractivity contribution in [2.24, 2.45) is 0 Å². The summed E-state index contributed by atoms with van der Waals surface area (Å²) in [5.74, 6) is 3.51. The maximum atomic E-state index is 6.89. The molecule has 0 unspecified atom stereocenters. The highest BCUT2D eigenvalue weighted by Crippen LogP contribution is 2.45. The topological polar surface area (TPSA) is 36.9 Å². The molecule has 6 aromatic rings. The Morgan fingerprint density at radius 3 is 0.759 bits per heavy atom. The lowest BCUT2D eigenvalue weighted by molar-refractivity contribution is 0.495. The molecule has 0 atom stereocenters. The molecule has 0 fully saturated rings. The zero-order chi connectivity index (χ0) is 41.7. The van der Waals surface area contributed by atoms with Gasteiger partial charge in [-0.05, 0) is 207 Å². The van der Waals surface area contributed by atoms with Crippen molar-refractivity contribution in [3.8, 4) is 34.1 Å². The molecular weight excluding hydrogens is 751 g/mol. The first-order valence-corrected chi connectivity index (χ1v) is 23.1. The summed E-state index contributed by atoms with van der Waals surface area (Å²) >= 11 is 0. The van der Waals surface area contributed by atoms with Gasteiger partial charge < -0.3 is 18.1 Å². The van der Waals surface area contributed by atoms with Gasteiger partial charge in [0.1, 0.15) is 23.0 Å². The molecule has 6 aromatic carbocycles. The fourth-order valence-electron chi connectivity index (χ4n) is 6.95. The molecule has 0 spiro atoms. The van der Waals surface area contributed by atoms with Crippen LogP contribution in [0, 0.1) is 55.4 Å². The summed E-state index contributed by atoms with van der Waals surface area (Å²) in [6, 6.07) is 35.0. The quantitative estimate of drug-likeness (QED) is 0.0968. The number of hydrogen-bond acceptors (Lipinski definition) is 4. The van der Waals surface area contributed by atoms with Crippen LogP contribution in [0.1, 0.15) is 94.5 Å². The third kappa shape index (κ3) is 9.80. The maximum absolute atomic E-state index is 6.89. The molecule has 0 heterocycles. The molecule has 58 heavy (non-hydrogen) atoms. The number of hydrogen-bond donors (Lipinski definition) is 0. The smallest absolute Gasteiger partial charge is 0.326 e. The number of aryl methyl sites for hydroxylation is 8. The predicted molar refractivity (Wildman–Crippen MR) is 249 cm³/mol. The molecule has 0 N–H and O–H groups in total. The second kappa shape index (κ2) is 19.0. The van der Waals surface area contributed by atoms with Gasteiger partial charge in [-0.25, -0.2) is 0 Å². The maximum Gasteiger partial charge on any atom is 0.326 e. The van der Waals surface area contributed by atoms with Crippen molar-refractivity contribution < 1.29 is 18.1 Å². The van der Waals surface area contributed by atoms with Crippen molar-refractivity contribution in [3.63, 3.8) is 0 Å². The zero-order valence-electron chi connectivity index (χ0n) is 36.6. The second-order valence-corrected chi connectivity index (χ2v) is 18.3. The van der Waals surface area contributed by atoms with Crippen LogP contribution in [-0.4, -0.2) is 0 Å². The average molecular weight is 811 g/mol. The van der Waals surface area contributed by atoms with Gasteiger partial charge in [0, 0.05) is 0 Å². The average Bonchev–Trinajstić information content (AvgIpc) is 3.23. The zero-order valence-corrected chi connectivity index (χ0v) is 38.4. The van der Waals surface area contributed by atoms with E-state index in [0.29, 0.717) is 0 Å². The van der Waals surface area contributed by atoms with E-state index < -0.39 is 16.8 Å². The minimum absolute atomic E-state index is 0.878. The van der Waals surface area contributed by atoms with E-state index in [4.69, 9.17) is 18.1 Å². The van der Waals surface area contributed by atoms with Gasteiger partial charge in [0.05, 0.1) is 10.6 Å². The van der Waals surface area contributed by atoms with E-state index in [1.165, 1.54) is 44.5 Å². The molecule has 6 heteroatoms. The van der Waals surface area contributed by atoms with Crippen LogP contribution in [0.15, 0.2) is 97.1 Å². The molecule has 4 nitrogen and oxygen atoms in total.